The van der Waals surface area contributed by atoms with Crippen LogP contribution < -0.4 is 5.48 Å². The molecule has 0 atom stereocenters. The number of carbonyl (C=O) groups is 1. The molecule has 82 valence electrons. The van der Waals surface area contributed by atoms with Gasteiger partial charge in [0.1, 0.15) is 0 Å². The van der Waals surface area contributed by atoms with Crippen LogP contribution in [0.2, 0.25) is 0 Å². The van der Waals surface area contributed by atoms with E-state index in [-0.39, 0.29) is 5.78 Å². The zero-order chi connectivity index (χ0) is 11.3. The van der Waals surface area contributed by atoms with Crippen molar-refractivity contribution in [3.05, 3.63) is 29.8 Å². The summed E-state index contributed by atoms with van der Waals surface area (Å²) in [6, 6.07) is 7.14. The molecule has 0 bridgehead atoms. The highest BCUT2D eigenvalue weighted by atomic mass is 16.8. The fraction of sp³-hybridized carbons (Fsp3) is 0.364. The van der Waals surface area contributed by atoms with Crippen molar-refractivity contribution in [1.82, 2.24) is 5.06 Å². The fourth-order valence-electron chi connectivity index (χ4n) is 0.968. The molecule has 0 spiro atoms. The molecule has 4 nitrogen and oxygen atoms in total. The first kappa shape index (κ1) is 11.7. The first-order valence-corrected chi connectivity index (χ1v) is 4.88. The molecule has 0 saturated heterocycles. The molecule has 0 fully saturated rings. The molecule has 0 unspecified atom stereocenters. The average Bonchev–Trinajstić information content (AvgIpc) is 2.26. The minimum Gasteiger partial charge on any atom is -0.295 e. The van der Waals surface area contributed by atoms with Gasteiger partial charge in [-0.15, -0.1) is 0 Å². The summed E-state index contributed by atoms with van der Waals surface area (Å²) < 4.78 is 0. The molecular weight excluding hydrogens is 192 g/mol. The number of carbonyl (C=O) groups excluding carboxylic acids is 1. The maximum atomic E-state index is 11.0. The fourth-order valence-corrected chi connectivity index (χ4v) is 0.968. The molecule has 0 heterocycles. The van der Waals surface area contributed by atoms with Crippen LogP contribution in [0.3, 0.4) is 0 Å². The van der Waals surface area contributed by atoms with Crippen LogP contribution in [0.15, 0.2) is 24.3 Å². The van der Waals surface area contributed by atoms with Crippen LogP contribution in [-0.2, 0) is 4.94 Å². The summed E-state index contributed by atoms with van der Waals surface area (Å²) in [6.45, 7) is 4.32. The summed E-state index contributed by atoms with van der Waals surface area (Å²) in [5.74, 6) is 0.0631. The zero-order valence-corrected chi connectivity index (χ0v) is 9.28. The Hall–Kier alpha value is -1.39. The molecule has 0 amide bonds. The average molecular weight is 208 g/mol. The Balaban J connectivity index is 2.53. The highest BCUT2D eigenvalue weighted by Gasteiger charge is 1.99. The number of benzene rings is 1. The maximum absolute atomic E-state index is 11.0. The van der Waals surface area contributed by atoms with Gasteiger partial charge in [0.2, 0.25) is 0 Å². The second-order valence-corrected chi connectivity index (χ2v) is 3.27. The number of nitrogens with zero attached hydrogens (tertiary/aromatic N) is 1. The van der Waals surface area contributed by atoms with E-state index in [4.69, 9.17) is 4.94 Å². The molecule has 0 radical (unpaired) electrons. The SMILES string of the molecule is CCN(C)ONc1ccc(C(C)=O)cc1. The minimum atomic E-state index is 0.0631. The number of hydrogen-bond acceptors (Lipinski definition) is 4. The minimum absolute atomic E-state index is 0.0631. The quantitative estimate of drug-likeness (QED) is 0.594. The molecular formula is C11H16N2O2. The number of nitrogens with one attached hydrogen (secondary N) is 1. The summed E-state index contributed by atoms with van der Waals surface area (Å²) >= 11 is 0. The number of ketones is 1. The number of Topliss-reactive ketones (excluding diaryl/α,β-unsaturated/α-hetero) is 1. The topological polar surface area (TPSA) is 41.6 Å². The number of rotatable bonds is 5. The van der Waals surface area contributed by atoms with E-state index in [0.717, 1.165) is 12.2 Å². The molecule has 0 aliphatic rings. The van der Waals surface area contributed by atoms with E-state index < -0.39 is 0 Å². The standard InChI is InChI=1S/C11H16N2O2/c1-4-13(3)15-12-11-7-5-10(6-8-11)9(2)14/h5-8,12H,4H2,1-3H3. The smallest absolute Gasteiger partial charge is 0.159 e. The van der Waals surface area contributed by atoms with Crippen LogP contribution in [0.5, 0.6) is 0 Å². The van der Waals surface area contributed by atoms with E-state index >= 15 is 0 Å². The number of hydrogen-bond donors (Lipinski definition) is 1. The van der Waals surface area contributed by atoms with Crippen LogP contribution in [0.25, 0.3) is 0 Å². The molecule has 15 heavy (non-hydrogen) atoms. The summed E-state index contributed by atoms with van der Waals surface area (Å²) in [5, 5.41) is 1.67. The van der Waals surface area contributed by atoms with Crippen LogP contribution >= 0.6 is 0 Å². The number of hydroxylamine groups is 2. The molecule has 1 aromatic rings. The normalized spacial score (nSPS) is 10.4. The Morgan fingerprint density at radius 3 is 2.47 bits per heavy atom. The highest BCUT2D eigenvalue weighted by molar-refractivity contribution is 5.94. The first-order chi connectivity index (χ1) is 7.13. The van der Waals surface area contributed by atoms with Gasteiger partial charge in [-0.1, -0.05) is 6.92 Å². The van der Waals surface area contributed by atoms with Gasteiger partial charge in [-0.05, 0) is 31.2 Å². The van der Waals surface area contributed by atoms with E-state index in [1.807, 2.05) is 14.0 Å². The first-order valence-electron chi connectivity index (χ1n) is 4.88. The second kappa shape index (κ2) is 5.48. The molecule has 1 rings (SSSR count). The lowest BCUT2D eigenvalue weighted by Gasteiger charge is -2.14. The predicted octanol–water partition coefficient (Wildman–Crippen LogP) is 2.10. The molecule has 0 aliphatic heterocycles. The largest absolute Gasteiger partial charge is 0.295 e. The molecule has 0 aromatic heterocycles. The summed E-state index contributed by atoms with van der Waals surface area (Å²) in [6.07, 6.45) is 0. The van der Waals surface area contributed by atoms with Crippen LogP contribution in [0.1, 0.15) is 24.2 Å². The maximum Gasteiger partial charge on any atom is 0.159 e. The molecule has 0 saturated carbocycles. The monoisotopic (exact) mass is 208 g/mol. The van der Waals surface area contributed by atoms with Crippen molar-refractivity contribution in [3.63, 3.8) is 0 Å². The van der Waals surface area contributed by atoms with Gasteiger partial charge in [0.25, 0.3) is 0 Å². The van der Waals surface area contributed by atoms with Gasteiger partial charge >= 0.3 is 0 Å². The Kier molecular flexibility index (Phi) is 4.27. The summed E-state index contributed by atoms with van der Waals surface area (Å²) in [4.78, 5) is 16.2. The van der Waals surface area contributed by atoms with Gasteiger partial charge < -0.3 is 0 Å². The Bertz CT molecular complexity index is 322. The van der Waals surface area contributed by atoms with Crippen molar-refractivity contribution in [2.45, 2.75) is 13.8 Å². The summed E-state index contributed by atoms with van der Waals surface area (Å²) in [5.41, 5.74) is 4.29. The Morgan fingerprint density at radius 1 is 1.40 bits per heavy atom. The lowest BCUT2D eigenvalue weighted by Crippen LogP contribution is -2.21. The van der Waals surface area contributed by atoms with Gasteiger partial charge in [0.15, 0.2) is 5.78 Å². The van der Waals surface area contributed by atoms with E-state index in [2.05, 4.69) is 5.48 Å². The van der Waals surface area contributed by atoms with Crippen LogP contribution in [-0.4, -0.2) is 24.4 Å². The van der Waals surface area contributed by atoms with Gasteiger partial charge in [-0.2, -0.15) is 10.0 Å². The van der Waals surface area contributed by atoms with Gasteiger partial charge in [-0.3, -0.25) is 4.79 Å². The van der Waals surface area contributed by atoms with Gasteiger partial charge in [0, 0.05) is 19.2 Å². The third-order valence-electron chi connectivity index (χ3n) is 2.06. The molecule has 1 N–H and O–H groups in total. The molecule has 1 aromatic carbocycles. The third-order valence-corrected chi connectivity index (χ3v) is 2.06. The van der Waals surface area contributed by atoms with E-state index in [1.165, 1.54) is 0 Å². The van der Waals surface area contributed by atoms with Crippen molar-refractivity contribution in [2.24, 2.45) is 0 Å². The van der Waals surface area contributed by atoms with Crippen molar-refractivity contribution in [3.8, 4) is 0 Å². The highest BCUT2D eigenvalue weighted by Crippen LogP contribution is 2.10. The Labute approximate surface area is 89.7 Å². The van der Waals surface area contributed by atoms with Gasteiger partial charge in [-0.25, -0.2) is 5.48 Å². The van der Waals surface area contributed by atoms with Gasteiger partial charge in [0.05, 0.1) is 5.69 Å². The lowest BCUT2D eigenvalue weighted by atomic mass is 10.1. The van der Waals surface area contributed by atoms with Crippen molar-refractivity contribution in [1.29, 1.82) is 0 Å². The molecule has 0 aliphatic carbocycles. The Morgan fingerprint density at radius 2 is 2.00 bits per heavy atom. The van der Waals surface area contributed by atoms with Crippen LogP contribution in [0.4, 0.5) is 5.69 Å². The molecule has 4 heteroatoms. The predicted molar refractivity (Wildman–Crippen MR) is 59.5 cm³/mol. The zero-order valence-electron chi connectivity index (χ0n) is 9.28. The van der Waals surface area contributed by atoms with Crippen molar-refractivity contribution in [2.75, 3.05) is 19.1 Å². The van der Waals surface area contributed by atoms with E-state index in [9.17, 15) is 4.79 Å². The third kappa shape index (κ3) is 3.69. The second-order valence-electron chi connectivity index (χ2n) is 3.27. The van der Waals surface area contributed by atoms with Crippen LogP contribution in [0, 0.1) is 0 Å². The van der Waals surface area contributed by atoms with Crippen molar-refractivity contribution >= 4 is 11.5 Å². The van der Waals surface area contributed by atoms with E-state index in [0.29, 0.717) is 5.56 Å². The summed E-state index contributed by atoms with van der Waals surface area (Å²) in [7, 11) is 1.83. The number of anilines is 1. The van der Waals surface area contributed by atoms with Crippen molar-refractivity contribution < 1.29 is 9.73 Å². The van der Waals surface area contributed by atoms with E-state index in [1.54, 1.807) is 36.3 Å². The lowest BCUT2D eigenvalue weighted by molar-refractivity contribution is -0.105.